The summed E-state index contributed by atoms with van der Waals surface area (Å²) >= 11 is 0. The maximum absolute atomic E-state index is 13.2. The first-order valence-electron chi connectivity index (χ1n) is 14.2. The summed E-state index contributed by atoms with van der Waals surface area (Å²) < 4.78 is 5.27. The van der Waals surface area contributed by atoms with Gasteiger partial charge in [-0.25, -0.2) is 4.98 Å². The molecule has 0 saturated heterocycles. The second kappa shape index (κ2) is 15.1. The third-order valence-corrected chi connectivity index (χ3v) is 6.37. The minimum absolute atomic E-state index is 0.0398. The van der Waals surface area contributed by atoms with Gasteiger partial charge in [-0.15, -0.1) is 0 Å². The van der Waals surface area contributed by atoms with Crippen molar-refractivity contribution in [1.82, 2.24) is 25.6 Å². The summed E-state index contributed by atoms with van der Waals surface area (Å²) in [4.78, 5) is 50.5. The Kier molecular flexibility index (Phi) is 11.6. The van der Waals surface area contributed by atoms with E-state index in [-0.39, 0.29) is 42.7 Å². The first kappa shape index (κ1) is 30.8. The molecule has 11 heteroatoms. The van der Waals surface area contributed by atoms with Crippen molar-refractivity contribution < 1.29 is 19.1 Å². The summed E-state index contributed by atoms with van der Waals surface area (Å²) in [5.41, 5.74) is 0.973. The molecule has 2 aromatic heterocycles. The van der Waals surface area contributed by atoms with E-state index in [1.165, 1.54) is 0 Å². The van der Waals surface area contributed by atoms with Crippen molar-refractivity contribution in [3.05, 3.63) is 41.9 Å². The molecule has 2 aromatic rings. The SMILES string of the molecule is CCCNc1nc(NCCc2ccncc2)ncc1C(=O)NC1CCCC(NC(=O)CCC(=O)OC(C)(C)C)C1. The standard InChI is InChI=1S/C29H43N7O4/c1-5-14-31-26-23(19-33-28(36-26)32-17-13-20-11-15-30-16-12-20)27(39)35-22-8-6-7-21(18-22)34-24(37)9-10-25(38)40-29(2,3)4/h11-12,15-16,19,21-22H,5-10,13-14,17-18H2,1-4H3,(H,34,37)(H,35,39)(H2,31,32,33,36). The lowest BCUT2D eigenvalue weighted by molar-refractivity contribution is -0.155. The van der Waals surface area contributed by atoms with Gasteiger partial charge in [0.1, 0.15) is 17.0 Å². The Balaban J connectivity index is 1.52. The van der Waals surface area contributed by atoms with Crippen LogP contribution in [-0.2, 0) is 20.7 Å². The van der Waals surface area contributed by atoms with Crippen LogP contribution in [0, 0.1) is 0 Å². The zero-order chi connectivity index (χ0) is 29.0. The fraction of sp³-hybridized carbons (Fsp3) is 0.586. The number of ether oxygens (including phenoxy) is 1. The molecule has 0 bridgehead atoms. The molecule has 0 aromatic carbocycles. The Morgan fingerprint density at radius 3 is 2.42 bits per heavy atom. The lowest BCUT2D eigenvalue weighted by Gasteiger charge is -2.30. The Morgan fingerprint density at radius 1 is 1.00 bits per heavy atom. The summed E-state index contributed by atoms with van der Waals surface area (Å²) in [6.45, 7) is 8.77. The number of aromatic nitrogens is 3. The van der Waals surface area contributed by atoms with Crippen molar-refractivity contribution in [3.63, 3.8) is 0 Å². The average Bonchev–Trinajstić information content (AvgIpc) is 2.90. The van der Waals surface area contributed by atoms with Crippen LogP contribution < -0.4 is 21.3 Å². The number of hydrogen-bond acceptors (Lipinski definition) is 9. The van der Waals surface area contributed by atoms with Gasteiger partial charge in [0, 0.05) is 50.2 Å². The van der Waals surface area contributed by atoms with Gasteiger partial charge in [0.05, 0.1) is 6.42 Å². The highest BCUT2D eigenvalue weighted by Gasteiger charge is 2.26. The average molecular weight is 554 g/mol. The van der Waals surface area contributed by atoms with E-state index in [0.29, 0.717) is 36.8 Å². The number of pyridine rings is 1. The second-order valence-electron chi connectivity index (χ2n) is 11.1. The minimum Gasteiger partial charge on any atom is -0.460 e. The first-order chi connectivity index (χ1) is 19.1. The van der Waals surface area contributed by atoms with Crippen molar-refractivity contribution in [3.8, 4) is 0 Å². The van der Waals surface area contributed by atoms with Crippen LogP contribution in [-0.4, -0.2) is 63.5 Å². The van der Waals surface area contributed by atoms with Crippen molar-refractivity contribution in [2.75, 3.05) is 23.7 Å². The predicted molar refractivity (Wildman–Crippen MR) is 154 cm³/mol. The molecule has 4 N–H and O–H groups in total. The fourth-order valence-corrected chi connectivity index (χ4v) is 4.50. The Morgan fingerprint density at radius 2 is 1.73 bits per heavy atom. The zero-order valence-electron chi connectivity index (χ0n) is 24.1. The molecule has 0 radical (unpaired) electrons. The molecule has 1 aliphatic rings. The van der Waals surface area contributed by atoms with E-state index < -0.39 is 5.60 Å². The third-order valence-electron chi connectivity index (χ3n) is 6.37. The number of rotatable bonds is 13. The Hall–Kier alpha value is -3.76. The molecule has 0 spiro atoms. The van der Waals surface area contributed by atoms with Crippen molar-refractivity contribution in [2.24, 2.45) is 0 Å². The molecular weight excluding hydrogens is 510 g/mol. The van der Waals surface area contributed by atoms with Gasteiger partial charge in [-0.3, -0.25) is 19.4 Å². The van der Waals surface area contributed by atoms with Gasteiger partial charge in [0.15, 0.2) is 0 Å². The van der Waals surface area contributed by atoms with E-state index in [1.54, 1.807) is 39.4 Å². The number of amides is 2. The molecule has 3 rings (SSSR count). The molecule has 11 nitrogen and oxygen atoms in total. The molecule has 40 heavy (non-hydrogen) atoms. The van der Waals surface area contributed by atoms with Crippen molar-refractivity contribution in [2.45, 2.75) is 96.7 Å². The molecular formula is C29H43N7O4. The van der Waals surface area contributed by atoms with Gasteiger partial charge >= 0.3 is 5.97 Å². The third kappa shape index (κ3) is 10.8. The molecule has 1 fully saturated rings. The van der Waals surface area contributed by atoms with Crippen LogP contribution in [0.1, 0.15) is 88.6 Å². The Bertz CT molecular complexity index is 1120. The van der Waals surface area contributed by atoms with Crippen molar-refractivity contribution in [1.29, 1.82) is 0 Å². The summed E-state index contributed by atoms with van der Waals surface area (Å²) in [6.07, 6.45) is 10.0. The smallest absolute Gasteiger partial charge is 0.306 e. The number of carbonyl (C=O) groups is 3. The van der Waals surface area contributed by atoms with Crippen LogP contribution in [0.3, 0.4) is 0 Å². The van der Waals surface area contributed by atoms with E-state index in [9.17, 15) is 14.4 Å². The monoisotopic (exact) mass is 553 g/mol. The Labute approximate surface area is 236 Å². The highest BCUT2D eigenvalue weighted by Crippen LogP contribution is 2.21. The van der Waals surface area contributed by atoms with Crippen LogP contribution in [0.4, 0.5) is 11.8 Å². The van der Waals surface area contributed by atoms with E-state index in [4.69, 9.17) is 4.74 Å². The predicted octanol–water partition coefficient (Wildman–Crippen LogP) is 3.63. The zero-order valence-corrected chi connectivity index (χ0v) is 24.1. The van der Waals surface area contributed by atoms with E-state index >= 15 is 0 Å². The van der Waals surface area contributed by atoms with E-state index in [2.05, 4.69) is 36.2 Å². The molecule has 2 unspecified atom stereocenters. The van der Waals surface area contributed by atoms with Crippen LogP contribution in [0.5, 0.6) is 0 Å². The second-order valence-corrected chi connectivity index (χ2v) is 11.1. The lowest BCUT2D eigenvalue weighted by Crippen LogP contribution is -2.46. The summed E-state index contributed by atoms with van der Waals surface area (Å²) in [6, 6.07) is 3.78. The quantitative estimate of drug-likeness (QED) is 0.273. The maximum atomic E-state index is 13.2. The van der Waals surface area contributed by atoms with Crippen LogP contribution >= 0.6 is 0 Å². The van der Waals surface area contributed by atoms with Gasteiger partial charge in [0.25, 0.3) is 5.91 Å². The van der Waals surface area contributed by atoms with E-state index in [1.807, 2.05) is 19.1 Å². The number of nitrogens with zero attached hydrogens (tertiary/aromatic N) is 3. The first-order valence-corrected chi connectivity index (χ1v) is 14.2. The topological polar surface area (TPSA) is 147 Å². The van der Waals surface area contributed by atoms with Gasteiger partial charge in [-0.2, -0.15) is 4.98 Å². The summed E-state index contributed by atoms with van der Waals surface area (Å²) in [5.74, 6) is 0.124. The van der Waals surface area contributed by atoms with Gasteiger partial charge in [-0.1, -0.05) is 6.92 Å². The highest BCUT2D eigenvalue weighted by molar-refractivity contribution is 5.98. The molecule has 0 aliphatic heterocycles. The largest absolute Gasteiger partial charge is 0.460 e. The molecule has 2 atom stereocenters. The summed E-state index contributed by atoms with van der Waals surface area (Å²) in [7, 11) is 0. The fourth-order valence-electron chi connectivity index (χ4n) is 4.50. The molecule has 2 heterocycles. The van der Waals surface area contributed by atoms with Crippen LogP contribution in [0.15, 0.2) is 30.7 Å². The van der Waals surface area contributed by atoms with Crippen molar-refractivity contribution >= 4 is 29.5 Å². The molecule has 2 amide bonds. The molecule has 1 aliphatic carbocycles. The van der Waals surface area contributed by atoms with Crippen LogP contribution in [0.25, 0.3) is 0 Å². The molecule has 218 valence electrons. The van der Waals surface area contributed by atoms with Crippen LogP contribution in [0.2, 0.25) is 0 Å². The van der Waals surface area contributed by atoms with Gasteiger partial charge in [-0.05, 0) is 77.0 Å². The number of hydrogen-bond donors (Lipinski definition) is 4. The van der Waals surface area contributed by atoms with Gasteiger partial charge in [0.2, 0.25) is 11.9 Å². The normalized spacial score (nSPS) is 17.0. The number of carbonyl (C=O) groups excluding carboxylic acids is 3. The molecule has 1 saturated carbocycles. The number of nitrogens with one attached hydrogen (secondary N) is 4. The maximum Gasteiger partial charge on any atom is 0.306 e. The highest BCUT2D eigenvalue weighted by atomic mass is 16.6. The van der Waals surface area contributed by atoms with E-state index in [0.717, 1.165) is 37.7 Å². The number of anilines is 2. The number of esters is 1. The minimum atomic E-state index is -0.573. The lowest BCUT2D eigenvalue weighted by atomic mass is 9.90. The van der Waals surface area contributed by atoms with Gasteiger partial charge < -0.3 is 26.0 Å². The summed E-state index contributed by atoms with van der Waals surface area (Å²) in [5, 5.41) is 12.6.